The minimum Gasteiger partial charge on any atom is -0.272 e. The molecule has 2 aromatic heterocycles. The van der Waals surface area contributed by atoms with E-state index in [9.17, 15) is 9.59 Å². The summed E-state index contributed by atoms with van der Waals surface area (Å²) in [7, 11) is 0. The van der Waals surface area contributed by atoms with Crippen LogP contribution in [0.3, 0.4) is 0 Å². The van der Waals surface area contributed by atoms with Crippen molar-refractivity contribution >= 4 is 34.9 Å². The molecular formula is C21H17N5O2S2. The number of thioether (sulfide) groups is 1. The van der Waals surface area contributed by atoms with Crippen molar-refractivity contribution in [3.63, 3.8) is 0 Å². The summed E-state index contributed by atoms with van der Waals surface area (Å²) in [5.41, 5.74) is 6.22. The van der Waals surface area contributed by atoms with Crippen LogP contribution in [0.25, 0.3) is 16.4 Å². The summed E-state index contributed by atoms with van der Waals surface area (Å²) < 4.78 is 1.92. The summed E-state index contributed by atoms with van der Waals surface area (Å²) in [6.07, 6.45) is 0. The molecule has 2 amide bonds. The van der Waals surface area contributed by atoms with Gasteiger partial charge in [-0.3, -0.25) is 25.0 Å². The Bertz CT molecular complexity index is 1130. The van der Waals surface area contributed by atoms with E-state index in [1.165, 1.54) is 11.8 Å². The zero-order chi connectivity index (χ0) is 20.8. The molecule has 4 aromatic rings. The second-order valence-electron chi connectivity index (χ2n) is 6.11. The maximum atomic E-state index is 12.2. The molecule has 0 fully saturated rings. The number of nitrogens with one attached hydrogen (secondary N) is 2. The van der Waals surface area contributed by atoms with E-state index in [1.54, 1.807) is 35.6 Å². The van der Waals surface area contributed by atoms with Gasteiger partial charge in [0.1, 0.15) is 0 Å². The van der Waals surface area contributed by atoms with Crippen LogP contribution in [0.5, 0.6) is 0 Å². The monoisotopic (exact) mass is 435 g/mol. The lowest BCUT2D eigenvalue weighted by Crippen LogP contribution is -2.42. The lowest BCUT2D eigenvalue weighted by Gasteiger charge is -2.10. The molecule has 0 atom stereocenters. The van der Waals surface area contributed by atoms with Crippen molar-refractivity contribution in [3.8, 4) is 16.4 Å². The number of carbonyl (C=O) groups is 2. The Morgan fingerprint density at radius 2 is 1.63 bits per heavy atom. The molecule has 0 saturated heterocycles. The highest BCUT2D eigenvalue weighted by atomic mass is 32.2. The first kappa shape index (κ1) is 19.9. The van der Waals surface area contributed by atoms with Crippen LogP contribution in [0.1, 0.15) is 10.4 Å². The van der Waals surface area contributed by atoms with E-state index in [0.29, 0.717) is 10.7 Å². The number of carbonyl (C=O) groups excluding carboxylic acids is 2. The van der Waals surface area contributed by atoms with Gasteiger partial charge in [-0.15, -0.1) is 21.5 Å². The Labute approximate surface area is 181 Å². The number of rotatable bonds is 6. The Morgan fingerprint density at radius 1 is 0.900 bits per heavy atom. The van der Waals surface area contributed by atoms with Gasteiger partial charge in [0.15, 0.2) is 11.0 Å². The highest BCUT2D eigenvalue weighted by molar-refractivity contribution is 7.99. The molecule has 0 unspecified atom stereocenters. The Kier molecular flexibility index (Phi) is 6.21. The topological polar surface area (TPSA) is 88.9 Å². The molecule has 2 heterocycles. The standard InChI is InChI=1S/C21H17N5O2S2/c27-18(22-24-20(28)15-8-3-1-4-9-15)14-30-21-25-23-19(17-12-7-13-29-17)26(21)16-10-5-2-6-11-16/h1-13H,14H2,(H,22,27)(H,24,28). The summed E-state index contributed by atoms with van der Waals surface area (Å²) in [4.78, 5) is 25.3. The number of hydrogen-bond donors (Lipinski definition) is 2. The molecule has 0 aliphatic rings. The van der Waals surface area contributed by atoms with Crippen molar-refractivity contribution in [2.75, 3.05) is 5.75 Å². The molecule has 150 valence electrons. The third-order valence-electron chi connectivity index (χ3n) is 4.07. The Balaban J connectivity index is 1.44. The molecule has 4 rings (SSSR count). The summed E-state index contributed by atoms with van der Waals surface area (Å²) in [6.45, 7) is 0. The third-order valence-corrected chi connectivity index (χ3v) is 5.87. The van der Waals surface area contributed by atoms with Crippen LogP contribution >= 0.6 is 23.1 Å². The van der Waals surface area contributed by atoms with Crippen molar-refractivity contribution in [1.29, 1.82) is 0 Å². The molecule has 0 saturated carbocycles. The van der Waals surface area contributed by atoms with Crippen LogP contribution in [-0.2, 0) is 4.79 Å². The molecule has 0 aliphatic carbocycles. The fraction of sp³-hybridized carbons (Fsp3) is 0.0476. The minimum absolute atomic E-state index is 0.0739. The number of hydrazine groups is 1. The van der Waals surface area contributed by atoms with Crippen molar-refractivity contribution in [3.05, 3.63) is 83.7 Å². The zero-order valence-electron chi connectivity index (χ0n) is 15.7. The zero-order valence-corrected chi connectivity index (χ0v) is 17.3. The van der Waals surface area contributed by atoms with Gasteiger partial charge in [-0.2, -0.15) is 0 Å². The molecule has 9 heteroatoms. The first-order valence-electron chi connectivity index (χ1n) is 9.04. The van der Waals surface area contributed by atoms with Gasteiger partial charge in [0, 0.05) is 11.3 Å². The van der Waals surface area contributed by atoms with Gasteiger partial charge in [-0.05, 0) is 35.7 Å². The first-order chi connectivity index (χ1) is 14.7. The van der Waals surface area contributed by atoms with Crippen molar-refractivity contribution in [2.24, 2.45) is 0 Å². The Hall–Kier alpha value is -3.43. The van der Waals surface area contributed by atoms with Crippen LogP contribution in [0.2, 0.25) is 0 Å². The highest BCUT2D eigenvalue weighted by Gasteiger charge is 2.18. The lowest BCUT2D eigenvalue weighted by molar-refractivity contribution is -0.119. The minimum atomic E-state index is -0.374. The average Bonchev–Trinajstić information content (AvgIpc) is 3.47. The number of nitrogens with zero attached hydrogens (tertiary/aromatic N) is 3. The van der Waals surface area contributed by atoms with E-state index in [0.717, 1.165) is 16.4 Å². The summed E-state index contributed by atoms with van der Waals surface area (Å²) in [6, 6.07) is 22.4. The van der Waals surface area contributed by atoms with Crippen molar-refractivity contribution in [2.45, 2.75) is 5.16 Å². The quantitative estimate of drug-likeness (QED) is 0.357. The smallest absolute Gasteiger partial charge is 0.269 e. The number of amides is 2. The van der Waals surface area contributed by atoms with E-state index in [-0.39, 0.29) is 17.6 Å². The van der Waals surface area contributed by atoms with Crippen LogP contribution in [0, 0.1) is 0 Å². The number of para-hydroxylation sites is 1. The summed E-state index contributed by atoms with van der Waals surface area (Å²) in [5, 5.41) is 11.2. The normalized spacial score (nSPS) is 10.5. The van der Waals surface area contributed by atoms with Crippen molar-refractivity contribution < 1.29 is 9.59 Å². The second kappa shape index (κ2) is 9.38. The molecule has 0 aliphatic heterocycles. The molecule has 2 aromatic carbocycles. The van der Waals surface area contributed by atoms with Gasteiger partial charge in [-0.1, -0.05) is 54.2 Å². The molecule has 2 N–H and O–H groups in total. The second-order valence-corrected chi connectivity index (χ2v) is 8.00. The molecule has 0 radical (unpaired) electrons. The maximum absolute atomic E-state index is 12.2. The molecule has 7 nitrogen and oxygen atoms in total. The largest absolute Gasteiger partial charge is 0.272 e. The molecular weight excluding hydrogens is 418 g/mol. The Morgan fingerprint density at radius 3 is 2.33 bits per heavy atom. The summed E-state index contributed by atoms with van der Waals surface area (Å²) in [5.74, 6) is 0.0761. The van der Waals surface area contributed by atoms with E-state index in [2.05, 4.69) is 21.0 Å². The van der Waals surface area contributed by atoms with E-state index in [4.69, 9.17) is 0 Å². The van der Waals surface area contributed by atoms with Gasteiger partial charge in [0.05, 0.1) is 10.6 Å². The van der Waals surface area contributed by atoms with E-state index in [1.807, 2.05) is 58.5 Å². The number of aromatic nitrogens is 3. The number of hydrogen-bond acceptors (Lipinski definition) is 6. The predicted molar refractivity (Wildman–Crippen MR) is 117 cm³/mol. The number of thiophene rings is 1. The fourth-order valence-corrected chi connectivity index (χ4v) is 4.14. The van der Waals surface area contributed by atoms with Gasteiger partial charge in [-0.25, -0.2) is 0 Å². The van der Waals surface area contributed by atoms with Crippen LogP contribution in [-0.4, -0.2) is 32.3 Å². The van der Waals surface area contributed by atoms with Crippen LogP contribution in [0.15, 0.2) is 83.3 Å². The molecule has 0 bridgehead atoms. The van der Waals surface area contributed by atoms with Gasteiger partial charge in [0.25, 0.3) is 5.91 Å². The van der Waals surface area contributed by atoms with E-state index < -0.39 is 0 Å². The van der Waals surface area contributed by atoms with Gasteiger partial charge in [0.2, 0.25) is 5.91 Å². The lowest BCUT2D eigenvalue weighted by atomic mass is 10.2. The third kappa shape index (κ3) is 4.58. The average molecular weight is 436 g/mol. The molecule has 30 heavy (non-hydrogen) atoms. The fourth-order valence-electron chi connectivity index (χ4n) is 2.69. The van der Waals surface area contributed by atoms with Crippen LogP contribution < -0.4 is 10.9 Å². The number of benzene rings is 2. The van der Waals surface area contributed by atoms with Crippen molar-refractivity contribution in [1.82, 2.24) is 25.6 Å². The van der Waals surface area contributed by atoms with Crippen LogP contribution in [0.4, 0.5) is 0 Å². The van der Waals surface area contributed by atoms with Gasteiger partial charge >= 0.3 is 0 Å². The maximum Gasteiger partial charge on any atom is 0.269 e. The SMILES string of the molecule is O=C(CSc1nnc(-c2cccs2)n1-c1ccccc1)NNC(=O)c1ccccc1. The first-order valence-corrected chi connectivity index (χ1v) is 10.9. The summed E-state index contributed by atoms with van der Waals surface area (Å²) >= 11 is 2.82. The molecule has 0 spiro atoms. The van der Waals surface area contributed by atoms with E-state index >= 15 is 0 Å². The van der Waals surface area contributed by atoms with Gasteiger partial charge < -0.3 is 0 Å². The highest BCUT2D eigenvalue weighted by Crippen LogP contribution is 2.30. The predicted octanol–water partition coefficient (Wildman–Crippen LogP) is 3.55.